The molecule has 1 N–H and O–H groups in total. The predicted molar refractivity (Wildman–Crippen MR) is 111 cm³/mol. The maximum atomic E-state index is 13.0. The lowest BCUT2D eigenvalue weighted by Gasteiger charge is -2.32. The molecule has 0 spiro atoms. The number of hydrogen-bond donors (Lipinski definition) is 1. The van der Waals surface area contributed by atoms with Gasteiger partial charge in [0.15, 0.2) is 0 Å². The maximum absolute atomic E-state index is 13.0. The van der Waals surface area contributed by atoms with Crippen molar-refractivity contribution >= 4 is 6.03 Å². The van der Waals surface area contributed by atoms with Gasteiger partial charge in [0.25, 0.3) is 0 Å². The molecule has 1 fully saturated rings. The van der Waals surface area contributed by atoms with E-state index in [1.165, 1.54) is 16.7 Å². The van der Waals surface area contributed by atoms with Gasteiger partial charge >= 0.3 is 12.2 Å². The molecule has 4 rings (SSSR count). The summed E-state index contributed by atoms with van der Waals surface area (Å²) >= 11 is 0. The summed E-state index contributed by atoms with van der Waals surface area (Å²) in [5.41, 5.74) is 4.09. The lowest BCUT2D eigenvalue weighted by molar-refractivity contribution is -0.137. The number of carbonyl (C=O) groups excluding carboxylic acids is 1. The quantitative estimate of drug-likeness (QED) is 0.796. The summed E-state index contributed by atoms with van der Waals surface area (Å²) in [6, 6.07) is 7.61. The standard InChI is InChI=1S/C23H27F3N4O/c1-15-3-4-17(16(2)9-15)11-27-20-5-7-30(14-20)22(31)29-8-6-21-18(13-29)10-19(12-28-21)23(24,25)26/h3-4,9-10,12,20,27H,5-8,11,13-14H2,1-2H3. The molecule has 1 aromatic heterocycles. The van der Waals surface area contributed by atoms with Gasteiger partial charge in [-0.3, -0.25) is 4.98 Å². The number of urea groups is 1. The summed E-state index contributed by atoms with van der Waals surface area (Å²) in [6.07, 6.45) is -2.22. The Morgan fingerprint density at radius 3 is 2.74 bits per heavy atom. The molecule has 1 saturated heterocycles. The first-order valence-electron chi connectivity index (χ1n) is 10.6. The molecule has 0 radical (unpaired) electrons. The largest absolute Gasteiger partial charge is 0.417 e. The Labute approximate surface area is 180 Å². The van der Waals surface area contributed by atoms with Gasteiger partial charge < -0.3 is 15.1 Å². The Balaban J connectivity index is 1.34. The molecule has 8 heteroatoms. The number of likely N-dealkylation sites (tertiary alicyclic amines) is 1. The first-order chi connectivity index (χ1) is 14.7. The van der Waals surface area contributed by atoms with E-state index in [0.717, 1.165) is 25.2 Å². The Bertz CT molecular complexity index is 976. The molecule has 3 heterocycles. The minimum Gasteiger partial charge on any atom is -0.323 e. The molecule has 2 aliphatic heterocycles. The second-order valence-corrected chi connectivity index (χ2v) is 8.52. The number of aryl methyl sites for hydroxylation is 2. The number of benzene rings is 1. The molecule has 166 valence electrons. The highest BCUT2D eigenvalue weighted by molar-refractivity contribution is 5.75. The van der Waals surface area contributed by atoms with Crippen molar-refractivity contribution in [3.05, 3.63) is 64.0 Å². The van der Waals surface area contributed by atoms with Crippen LogP contribution in [0.5, 0.6) is 0 Å². The minimum absolute atomic E-state index is 0.112. The summed E-state index contributed by atoms with van der Waals surface area (Å²) in [4.78, 5) is 20.4. The zero-order valence-corrected chi connectivity index (χ0v) is 17.8. The highest BCUT2D eigenvalue weighted by Crippen LogP contribution is 2.31. The van der Waals surface area contributed by atoms with Crippen molar-refractivity contribution in [2.75, 3.05) is 19.6 Å². The van der Waals surface area contributed by atoms with Gasteiger partial charge in [0, 0.05) is 57.1 Å². The molecular formula is C23H27F3N4O. The fourth-order valence-corrected chi connectivity index (χ4v) is 4.34. The number of rotatable bonds is 3. The first kappa shape index (κ1) is 21.6. The fourth-order valence-electron chi connectivity index (χ4n) is 4.34. The first-order valence-corrected chi connectivity index (χ1v) is 10.6. The average molecular weight is 432 g/mol. The molecular weight excluding hydrogens is 405 g/mol. The van der Waals surface area contributed by atoms with Gasteiger partial charge in [-0.05, 0) is 43.0 Å². The van der Waals surface area contributed by atoms with E-state index in [-0.39, 0.29) is 18.6 Å². The molecule has 1 atom stereocenters. The van der Waals surface area contributed by atoms with E-state index in [1.54, 1.807) is 9.80 Å². The average Bonchev–Trinajstić information content (AvgIpc) is 3.20. The highest BCUT2D eigenvalue weighted by Gasteiger charge is 2.34. The van der Waals surface area contributed by atoms with E-state index in [0.29, 0.717) is 37.3 Å². The van der Waals surface area contributed by atoms with Gasteiger partial charge in [0.2, 0.25) is 0 Å². The number of nitrogens with one attached hydrogen (secondary N) is 1. The molecule has 31 heavy (non-hydrogen) atoms. The van der Waals surface area contributed by atoms with Gasteiger partial charge in [-0.25, -0.2) is 4.79 Å². The third-order valence-corrected chi connectivity index (χ3v) is 6.18. The van der Waals surface area contributed by atoms with Crippen LogP contribution in [0.2, 0.25) is 0 Å². The second-order valence-electron chi connectivity index (χ2n) is 8.52. The summed E-state index contributed by atoms with van der Waals surface area (Å²) in [6.45, 7) is 6.82. The van der Waals surface area contributed by atoms with Crippen LogP contribution in [0.15, 0.2) is 30.5 Å². The van der Waals surface area contributed by atoms with Gasteiger partial charge in [-0.2, -0.15) is 13.2 Å². The molecule has 5 nitrogen and oxygen atoms in total. The Morgan fingerprint density at radius 1 is 1.19 bits per heavy atom. The molecule has 0 saturated carbocycles. The van der Waals surface area contributed by atoms with E-state index in [2.05, 4.69) is 42.3 Å². The summed E-state index contributed by atoms with van der Waals surface area (Å²) < 4.78 is 39.0. The fraction of sp³-hybridized carbons (Fsp3) is 0.478. The third-order valence-electron chi connectivity index (χ3n) is 6.18. The topological polar surface area (TPSA) is 48.5 Å². The molecule has 2 aliphatic rings. The van der Waals surface area contributed by atoms with Crippen LogP contribution < -0.4 is 5.32 Å². The number of nitrogens with zero attached hydrogens (tertiary/aromatic N) is 3. The van der Waals surface area contributed by atoms with Crippen LogP contribution in [0.25, 0.3) is 0 Å². The Hall–Kier alpha value is -2.61. The van der Waals surface area contributed by atoms with Gasteiger partial charge in [-0.1, -0.05) is 23.8 Å². The lowest BCUT2D eigenvalue weighted by atomic mass is 10.0. The SMILES string of the molecule is Cc1ccc(CNC2CCN(C(=O)N3CCc4ncc(C(F)(F)F)cc4C3)C2)c(C)c1. The van der Waals surface area contributed by atoms with E-state index in [9.17, 15) is 18.0 Å². The summed E-state index contributed by atoms with van der Waals surface area (Å²) in [5, 5.41) is 3.54. The van der Waals surface area contributed by atoms with Crippen LogP contribution in [-0.2, 0) is 25.7 Å². The number of amides is 2. The summed E-state index contributed by atoms with van der Waals surface area (Å²) in [5.74, 6) is 0. The zero-order chi connectivity index (χ0) is 22.2. The van der Waals surface area contributed by atoms with Crippen molar-refractivity contribution < 1.29 is 18.0 Å². The summed E-state index contributed by atoms with van der Waals surface area (Å²) in [7, 11) is 0. The Morgan fingerprint density at radius 2 is 2.00 bits per heavy atom. The third kappa shape index (κ3) is 4.84. The predicted octanol–water partition coefficient (Wildman–Crippen LogP) is 4.06. The Kier molecular flexibility index (Phi) is 5.92. The van der Waals surface area contributed by atoms with Crippen molar-refractivity contribution in [1.29, 1.82) is 0 Å². The molecule has 0 aliphatic carbocycles. The van der Waals surface area contributed by atoms with E-state index >= 15 is 0 Å². The normalized spacial score (nSPS) is 18.9. The van der Waals surface area contributed by atoms with Crippen molar-refractivity contribution in [1.82, 2.24) is 20.1 Å². The number of pyridine rings is 1. The van der Waals surface area contributed by atoms with Crippen LogP contribution in [0.3, 0.4) is 0 Å². The van der Waals surface area contributed by atoms with Crippen LogP contribution >= 0.6 is 0 Å². The zero-order valence-electron chi connectivity index (χ0n) is 17.8. The molecule has 2 amide bonds. The maximum Gasteiger partial charge on any atom is 0.417 e. The second kappa shape index (κ2) is 8.49. The number of aromatic nitrogens is 1. The number of alkyl halides is 3. The van der Waals surface area contributed by atoms with Gasteiger partial charge in [0.1, 0.15) is 0 Å². The van der Waals surface area contributed by atoms with Crippen molar-refractivity contribution in [2.24, 2.45) is 0 Å². The van der Waals surface area contributed by atoms with Crippen LogP contribution in [0.1, 0.15) is 39.9 Å². The van der Waals surface area contributed by atoms with Gasteiger partial charge in [-0.15, -0.1) is 0 Å². The van der Waals surface area contributed by atoms with Crippen molar-refractivity contribution in [3.8, 4) is 0 Å². The van der Waals surface area contributed by atoms with Crippen molar-refractivity contribution in [2.45, 2.75) is 52.0 Å². The van der Waals surface area contributed by atoms with Gasteiger partial charge in [0.05, 0.1) is 5.56 Å². The molecule has 2 aromatic rings. The van der Waals surface area contributed by atoms with E-state index < -0.39 is 11.7 Å². The lowest BCUT2D eigenvalue weighted by Crippen LogP contribution is -2.45. The monoisotopic (exact) mass is 432 g/mol. The highest BCUT2D eigenvalue weighted by atomic mass is 19.4. The number of carbonyl (C=O) groups is 1. The molecule has 1 aromatic carbocycles. The number of fused-ring (bicyclic) bond motifs is 1. The van der Waals surface area contributed by atoms with Crippen molar-refractivity contribution in [3.63, 3.8) is 0 Å². The van der Waals surface area contributed by atoms with Crippen LogP contribution in [0.4, 0.5) is 18.0 Å². The number of halogens is 3. The van der Waals surface area contributed by atoms with Crippen LogP contribution in [0, 0.1) is 13.8 Å². The van der Waals surface area contributed by atoms with E-state index in [1.807, 2.05) is 0 Å². The molecule has 1 unspecified atom stereocenters. The number of hydrogen-bond acceptors (Lipinski definition) is 3. The smallest absolute Gasteiger partial charge is 0.323 e. The van der Waals surface area contributed by atoms with E-state index in [4.69, 9.17) is 0 Å². The molecule has 0 bridgehead atoms. The van der Waals surface area contributed by atoms with Crippen LogP contribution in [-0.4, -0.2) is 46.5 Å². The minimum atomic E-state index is -4.43.